The van der Waals surface area contributed by atoms with Crippen molar-refractivity contribution in [1.82, 2.24) is 4.31 Å². The Labute approximate surface area is 173 Å². The van der Waals surface area contributed by atoms with E-state index >= 15 is 0 Å². The Morgan fingerprint density at radius 2 is 1.72 bits per heavy atom. The van der Waals surface area contributed by atoms with E-state index in [1.165, 1.54) is 4.31 Å². The average Bonchev–Trinajstić information content (AvgIpc) is 2.70. The lowest BCUT2D eigenvalue weighted by atomic mass is 10.1. The summed E-state index contributed by atoms with van der Waals surface area (Å²) in [5.41, 5.74) is 2.21. The van der Waals surface area contributed by atoms with Crippen LogP contribution in [-0.2, 0) is 14.8 Å². The number of anilines is 1. The molecule has 0 radical (unpaired) electrons. The molecule has 2 aromatic rings. The minimum atomic E-state index is -3.59. The number of para-hydroxylation sites is 1. The van der Waals surface area contributed by atoms with E-state index in [1.54, 1.807) is 12.1 Å². The SMILES string of the molecule is CCN(CC)S(=O)(=O)c1cc(C)c(C)c(NC(=O)CCCOc2ccccc2)c1. The molecular weight excluding hydrogens is 388 g/mol. The molecule has 0 bridgehead atoms. The number of nitrogens with one attached hydrogen (secondary N) is 1. The molecule has 0 aliphatic heterocycles. The maximum absolute atomic E-state index is 12.8. The molecule has 1 N–H and O–H groups in total. The maximum Gasteiger partial charge on any atom is 0.243 e. The predicted molar refractivity (Wildman–Crippen MR) is 116 cm³/mol. The fourth-order valence-corrected chi connectivity index (χ4v) is 4.54. The summed E-state index contributed by atoms with van der Waals surface area (Å²) >= 11 is 0. The number of carbonyl (C=O) groups is 1. The van der Waals surface area contributed by atoms with Crippen LogP contribution in [0.3, 0.4) is 0 Å². The summed E-state index contributed by atoms with van der Waals surface area (Å²) in [6.45, 7) is 8.57. The summed E-state index contributed by atoms with van der Waals surface area (Å²) in [7, 11) is -3.59. The lowest BCUT2D eigenvalue weighted by molar-refractivity contribution is -0.116. The van der Waals surface area contributed by atoms with Gasteiger partial charge >= 0.3 is 0 Å². The third kappa shape index (κ3) is 6.05. The van der Waals surface area contributed by atoms with Gasteiger partial charge in [-0.15, -0.1) is 0 Å². The molecule has 0 unspecified atom stereocenters. The first-order chi connectivity index (χ1) is 13.8. The van der Waals surface area contributed by atoms with Gasteiger partial charge in [-0.2, -0.15) is 4.31 Å². The van der Waals surface area contributed by atoms with E-state index < -0.39 is 10.0 Å². The number of ether oxygens (including phenoxy) is 1. The number of aryl methyl sites for hydroxylation is 1. The molecule has 0 heterocycles. The Balaban J connectivity index is 2.04. The first-order valence-electron chi connectivity index (χ1n) is 9.88. The minimum absolute atomic E-state index is 0.165. The van der Waals surface area contributed by atoms with E-state index in [1.807, 2.05) is 58.0 Å². The molecule has 0 saturated heterocycles. The van der Waals surface area contributed by atoms with Gasteiger partial charge in [0.05, 0.1) is 11.5 Å². The highest BCUT2D eigenvalue weighted by molar-refractivity contribution is 7.89. The molecule has 2 aromatic carbocycles. The number of sulfonamides is 1. The third-order valence-electron chi connectivity index (χ3n) is 4.82. The van der Waals surface area contributed by atoms with Crippen LogP contribution in [0.25, 0.3) is 0 Å². The maximum atomic E-state index is 12.8. The van der Waals surface area contributed by atoms with Crippen LogP contribution in [0.15, 0.2) is 47.4 Å². The summed E-state index contributed by atoms with van der Waals surface area (Å²) in [5, 5.41) is 2.86. The largest absolute Gasteiger partial charge is 0.494 e. The zero-order valence-corrected chi connectivity index (χ0v) is 18.4. The van der Waals surface area contributed by atoms with Crippen LogP contribution in [-0.4, -0.2) is 38.3 Å². The topological polar surface area (TPSA) is 75.7 Å². The lowest BCUT2D eigenvalue weighted by Crippen LogP contribution is -2.30. The van der Waals surface area contributed by atoms with Gasteiger partial charge < -0.3 is 10.1 Å². The first-order valence-corrected chi connectivity index (χ1v) is 11.3. The molecule has 6 nitrogen and oxygen atoms in total. The van der Waals surface area contributed by atoms with Crippen LogP contribution in [0.1, 0.15) is 37.8 Å². The highest BCUT2D eigenvalue weighted by Gasteiger charge is 2.23. The molecule has 1 amide bonds. The Morgan fingerprint density at radius 3 is 2.34 bits per heavy atom. The van der Waals surface area contributed by atoms with Gasteiger partial charge in [-0.05, 0) is 55.7 Å². The van der Waals surface area contributed by atoms with Gasteiger partial charge in [0.2, 0.25) is 15.9 Å². The summed E-state index contributed by atoms with van der Waals surface area (Å²) < 4.78 is 32.7. The molecule has 0 aliphatic carbocycles. The third-order valence-corrected chi connectivity index (χ3v) is 6.85. The van der Waals surface area contributed by atoms with Gasteiger partial charge in [0, 0.05) is 25.2 Å². The van der Waals surface area contributed by atoms with E-state index in [4.69, 9.17) is 4.74 Å². The van der Waals surface area contributed by atoms with Crippen molar-refractivity contribution in [3.8, 4) is 5.75 Å². The van der Waals surface area contributed by atoms with Gasteiger partial charge in [0.25, 0.3) is 0 Å². The predicted octanol–water partition coefficient (Wildman–Crippen LogP) is 4.13. The van der Waals surface area contributed by atoms with E-state index in [0.717, 1.165) is 16.9 Å². The molecule has 0 aliphatic rings. The second-order valence-corrected chi connectivity index (χ2v) is 8.75. The Hall–Kier alpha value is -2.38. The number of hydrogen-bond donors (Lipinski definition) is 1. The summed E-state index contributed by atoms with van der Waals surface area (Å²) in [5.74, 6) is 0.607. The molecule has 29 heavy (non-hydrogen) atoms. The van der Waals surface area contributed by atoms with Crippen molar-refractivity contribution in [2.24, 2.45) is 0 Å². The van der Waals surface area contributed by atoms with Crippen molar-refractivity contribution in [3.05, 3.63) is 53.6 Å². The molecule has 0 fully saturated rings. The molecule has 0 saturated carbocycles. The summed E-state index contributed by atoms with van der Waals surface area (Å²) in [6.07, 6.45) is 0.856. The number of nitrogens with zero attached hydrogens (tertiary/aromatic N) is 1. The number of amides is 1. The number of rotatable bonds is 10. The van der Waals surface area contributed by atoms with E-state index in [-0.39, 0.29) is 10.8 Å². The second-order valence-electron chi connectivity index (χ2n) is 6.82. The number of benzene rings is 2. The highest BCUT2D eigenvalue weighted by Crippen LogP contribution is 2.26. The van der Waals surface area contributed by atoms with Crippen molar-refractivity contribution in [2.75, 3.05) is 25.0 Å². The molecule has 0 spiro atoms. The van der Waals surface area contributed by atoms with Gasteiger partial charge in [-0.3, -0.25) is 4.79 Å². The normalized spacial score (nSPS) is 11.5. The van der Waals surface area contributed by atoms with Crippen LogP contribution in [0, 0.1) is 13.8 Å². The molecule has 0 atom stereocenters. The molecule has 0 aromatic heterocycles. The number of hydrogen-bond acceptors (Lipinski definition) is 4. The first kappa shape index (κ1) is 22.9. The summed E-state index contributed by atoms with van der Waals surface area (Å²) in [6, 6.07) is 12.7. The minimum Gasteiger partial charge on any atom is -0.494 e. The highest BCUT2D eigenvalue weighted by atomic mass is 32.2. The van der Waals surface area contributed by atoms with Crippen LogP contribution in [0.4, 0.5) is 5.69 Å². The second kappa shape index (κ2) is 10.4. The van der Waals surface area contributed by atoms with Gasteiger partial charge in [-0.1, -0.05) is 32.0 Å². The van der Waals surface area contributed by atoms with Crippen LogP contribution >= 0.6 is 0 Å². The fourth-order valence-electron chi connectivity index (χ4n) is 2.97. The van der Waals surface area contributed by atoms with E-state index in [9.17, 15) is 13.2 Å². The van der Waals surface area contributed by atoms with Crippen LogP contribution < -0.4 is 10.1 Å². The van der Waals surface area contributed by atoms with Crippen molar-refractivity contribution in [2.45, 2.75) is 45.4 Å². The number of carbonyl (C=O) groups excluding carboxylic acids is 1. The Kier molecular flexibility index (Phi) is 8.22. The van der Waals surface area contributed by atoms with Crippen molar-refractivity contribution < 1.29 is 17.9 Å². The van der Waals surface area contributed by atoms with Crippen molar-refractivity contribution in [3.63, 3.8) is 0 Å². The monoisotopic (exact) mass is 418 g/mol. The fraction of sp³-hybridized carbons (Fsp3) is 0.409. The van der Waals surface area contributed by atoms with Gasteiger partial charge in [0.15, 0.2) is 0 Å². The van der Waals surface area contributed by atoms with Gasteiger partial charge in [-0.25, -0.2) is 8.42 Å². The Morgan fingerprint density at radius 1 is 1.07 bits per heavy atom. The standard InChI is InChI=1S/C22H30N2O4S/c1-5-24(6-2)29(26,27)20-15-17(3)18(4)21(16-20)23-22(25)13-10-14-28-19-11-8-7-9-12-19/h7-9,11-12,15-16H,5-6,10,13-14H2,1-4H3,(H,23,25). The van der Waals surface area contributed by atoms with E-state index in [0.29, 0.717) is 38.2 Å². The molecule has 158 valence electrons. The Bertz CT molecular complexity index is 923. The average molecular weight is 419 g/mol. The van der Waals surface area contributed by atoms with Crippen LogP contribution in [0.2, 0.25) is 0 Å². The smallest absolute Gasteiger partial charge is 0.243 e. The van der Waals surface area contributed by atoms with Gasteiger partial charge in [0.1, 0.15) is 5.75 Å². The van der Waals surface area contributed by atoms with Crippen molar-refractivity contribution >= 4 is 21.6 Å². The quantitative estimate of drug-likeness (QED) is 0.589. The van der Waals surface area contributed by atoms with Crippen LogP contribution in [0.5, 0.6) is 5.75 Å². The van der Waals surface area contributed by atoms with Crippen molar-refractivity contribution in [1.29, 1.82) is 0 Å². The molecular formula is C22H30N2O4S. The summed E-state index contributed by atoms with van der Waals surface area (Å²) in [4.78, 5) is 12.6. The molecule has 7 heteroatoms. The lowest BCUT2D eigenvalue weighted by Gasteiger charge is -2.20. The zero-order valence-electron chi connectivity index (χ0n) is 17.6. The van der Waals surface area contributed by atoms with E-state index in [2.05, 4.69) is 5.32 Å². The zero-order chi connectivity index (χ0) is 21.4. The molecule has 2 rings (SSSR count).